The molecule has 1 amide bonds. The van der Waals surface area contributed by atoms with Crippen molar-refractivity contribution in [2.24, 2.45) is 5.92 Å². The van der Waals surface area contributed by atoms with Gasteiger partial charge in [0.05, 0.1) is 0 Å². The molecule has 1 unspecified atom stereocenters. The summed E-state index contributed by atoms with van der Waals surface area (Å²) in [5.41, 5.74) is 0. The Bertz CT molecular complexity index is 177. The second-order valence-electron chi connectivity index (χ2n) is 2.96. The van der Waals surface area contributed by atoms with Gasteiger partial charge in [-0.05, 0) is 6.42 Å². The summed E-state index contributed by atoms with van der Waals surface area (Å²) in [4.78, 5) is 21.5. The molecule has 0 aromatic heterocycles. The Morgan fingerprint density at radius 1 is 1.42 bits per heavy atom. The molecule has 0 heterocycles. The van der Waals surface area contributed by atoms with E-state index in [4.69, 9.17) is 5.11 Å². The predicted octanol–water partition coefficient (Wildman–Crippen LogP) is 0.622. The molecule has 4 nitrogen and oxygen atoms in total. The molecular weight excluding hydrogens is 158 g/mol. The number of rotatable bonds is 4. The first kappa shape index (κ1) is 10.9. The van der Waals surface area contributed by atoms with E-state index in [9.17, 15) is 9.59 Å². The van der Waals surface area contributed by atoms with Gasteiger partial charge in [-0.2, -0.15) is 0 Å². The minimum Gasteiger partial charge on any atom is -0.480 e. The number of carbonyl (C=O) groups is 2. The van der Waals surface area contributed by atoms with Gasteiger partial charge in [-0.1, -0.05) is 20.8 Å². The lowest BCUT2D eigenvalue weighted by Gasteiger charge is -2.13. The zero-order chi connectivity index (χ0) is 9.72. The number of carbonyl (C=O) groups excluding carboxylic acids is 1. The van der Waals surface area contributed by atoms with Crippen LogP contribution in [0.25, 0.3) is 0 Å². The predicted molar refractivity (Wildman–Crippen MR) is 44.7 cm³/mol. The maximum Gasteiger partial charge on any atom is 0.326 e. The lowest BCUT2D eigenvalue weighted by Crippen LogP contribution is -2.42. The van der Waals surface area contributed by atoms with Crippen molar-refractivity contribution in [1.82, 2.24) is 5.32 Å². The Kier molecular flexibility index (Phi) is 4.33. The summed E-state index contributed by atoms with van der Waals surface area (Å²) in [5, 5.41) is 11.0. The molecule has 12 heavy (non-hydrogen) atoms. The first-order valence-corrected chi connectivity index (χ1v) is 4.02. The Hall–Kier alpha value is -1.06. The minimum absolute atomic E-state index is 0.168. The molecule has 0 saturated heterocycles. The van der Waals surface area contributed by atoms with E-state index in [-0.39, 0.29) is 11.8 Å². The average molecular weight is 173 g/mol. The highest BCUT2D eigenvalue weighted by molar-refractivity contribution is 5.84. The van der Waals surface area contributed by atoms with Gasteiger partial charge in [-0.3, -0.25) is 4.79 Å². The van der Waals surface area contributed by atoms with Gasteiger partial charge in [-0.15, -0.1) is 0 Å². The van der Waals surface area contributed by atoms with E-state index in [1.165, 1.54) is 0 Å². The van der Waals surface area contributed by atoms with E-state index < -0.39 is 12.0 Å². The standard InChI is InChI=1S/C8H15NO3/c1-4-6(8(11)12)9-7(10)5(2)3/h5-6H,4H2,1-3H3,(H,9,10)(H,11,12). The highest BCUT2D eigenvalue weighted by atomic mass is 16.4. The van der Waals surface area contributed by atoms with Crippen molar-refractivity contribution in [3.8, 4) is 0 Å². The lowest BCUT2D eigenvalue weighted by molar-refractivity contribution is -0.142. The minimum atomic E-state index is -0.980. The highest BCUT2D eigenvalue weighted by Gasteiger charge is 2.18. The monoisotopic (exact) mass is 173 g/mol. The van der Waals surface area contributed by atoms with Crippen LogP contribution in [-0.4, -0.2) is 23.0 Å². The van der Waals surface area contributed by atoms with Crippen molar-refractivity contribution in [2.75, 3.05) is 0 Å². The number of carboxylic acids is 1. The number of amides is 1. The van der Waals surface area contributed by atoms with Gasteiger partial charge in [0, 0.05) is 5.92 Å². The van der Waals surface area contributed by atoms with Crippen LogP contribution in [0.1, 0.15) is 27.2 Å². The number of carboxylic acid groups (broad SMARTS) is 1. The van der Waals surface area contributed by atoms with Crippen LogP contribution >= 0.6 is 0 Å². The molecule has 0 bridgehead atoms. The molecule has 0 radical (unpaired) electrons. The molecule has 0 rings (SSSR count). The molecule has 0 aliphatic rings. The van der Waals surface area contributed by atoms with Crippen molar-refractivity contribution < 1.29 is 14.7 Å². The quantitative estimate of drug-likeness (QED) is 0.655. The molecule has 0 saturated carbocycles. The van der Waals surface area contributed by atoms with Crippen molar-refractivity contribution in [3.63, 3.8) is 0 Å². The SMILES string of the molecule is CCC(NC(=O)C(C)C)C(=O)O. The van der Waals surface area contributed by atoms with Gasteiger partial charge >= 0.3 is 5.97 Å². The van der Waals surface area contributed by atoms with Gasteiger partial charge in [0.25, 0.3) is 0 Å². The largest absolute Gasteiger partial charge is 0.480 e. The van der Waals surface area contributed by atoms with Crippen LogP contribution in [0.2, 0.25) is 0 Å². The van der Waals surface area contributed by atoms with Crippen LogP contribution < -0.4 is 5.32 Å². The van der Waals surface area contributed by atoms with Crippen molar-refractivity contribution in [2.45, 2.75) is 33.2 Å². The molecule has 0 aromatic rings. The van der Waals surface area contributed by atoms with Crippen LogP contribution in [0.15, 0.2) is 0 Å². The zero-order valence-corrected chi connectivity index (χ0v) is 7.63. The third-order valence-corrected chi connectivity index (χ3v) is 1.55. The second kappa shape index (κ2) is 4.74. The Morgan fingerprint density at radius 2 is 1.92 bits per heavy atom. The molecular formula is C8H15NO3. The highest BCUT2D eigenvalue weighted by Crippen LogP contribution is 1.96. The summed E-state index contributed by atoms with van der Waals surface area (Å²) < 4.78 is 0. The molecule has 1 atom stereocenters. The maximum atomic E-state index is 11.0. The van der Waals surface area contributed by atoms with Crippen LogP contribution in [-0.2, 0) is 9.59 Å². The first-order chi connectivity index (χ1) is 5.49. The fraction of sp³-hybridized carbons (Fsp3) is 0.750. The normalized spacial score (nSPS) is 12.7. The van der Waals surface area contributed by atoms with Crippen LogP contribution in [0, 0.1) is 5.92 Å². The summed E-state index contributed by atoms with van der Waals surface area (Å²) >= 11 is 0. The number of hydrogen-bond donors (Lipinski definition) is 2. The number of nitrogens with one attached hydrogen (secondary N) is 1. The van der Waals surface area contributed by atoms with Gasteiger partial charge in [0.15, 0.2) is 0 Å². The molecule has 4 heteroatoms. The topological polar surface area (TPSA) is 66.4 Å². The summed E-state index contributed by atoms with van der Waals surface area (Å²) in [7, 11) is 0. The summed E-state index contributed by atoms with van der Waals surface area (Å²) in [6.07, 6.45) is 0.411. The lowest BCUT2D eigenvalue weighted by atomic mass is 10.1. The zero-order valence-electron chi connectivity index (χ0n) is 7.63. The van der Waals surface area contributed by atoms with E-state index >= 15 is 0 Å². The van der Waals surface area contributed by atoms with Crippen molar-refractivity contribution in [1.29, 1.82) is 0 Å². The molecule has 0 aliphatic carbocycles. The van der Waals surface area contributed by atoms with Crippen LogP contribution in [0.3, 0.4) is 0 Å². The smallest absolute Gasteiger partial charge is 0.326 e. The van der Waals surface area contributed by atoms with Crippen LogP contribution in [0.4, 0.5) is 0 Å². The number of aliphatic carboxylic acids is 1. The molecule has 0 aliphatic heterocycles. The van der Waals surface area contributed by atoms with E-state index in [0.29, 0.717) is 6.42 Å². The van der Waals surface area contributed by atoms with Gasteiger partial charge < -0.3 is 10.4 Å². The fourth-order valence-electron chi connectivity index (χ4n) is 0.677. The molecule has 70 valence electrons. The summed E-state index contributed by atoms with van der Waals surface area (Å²) in [5.74, 6) is -1.37. The van der Waals surface area contributed by atoms with Crippen LogP contribution in [0.5, 0.6) is 0 Å². The summed E-state index contributed by atoms with van der Waals surface area (Å²) in [6, 6.07) is -0.750. The van der Waals surface area contributed by atoms with Crippen molar-refractivity contribution in [3.05, 3.63) is 0 Å². The average Bonchev–Trinajstić information content (AvgIpc) is 1.98. The maximum absolute atomic E-state index is 11.0. The van der Waals surface area contributed by atoms with E-state index in [1.807, 2.05) is 0 Å². The van der Waals surface area contributed by atoms with Crippen molar-refractivity contribution >= 4 is 11.9 Å². The van der Waals surface area contributed by atoms with Gasteiger partial charge in [-0.25, -0.2) is 4.79 Å². The molecule has 2 N–H and O–H groups in total. The Morgan fingerprint density at radius 3 is 2.17 bits per heavy atom. The van der Waals surface area contributed by atoms with E-state index in [1.54, 1.807) is 20.8 Å². The third kappa shape index (κ3) is 3.37. The van der Waals surface area contributed by atoms with E-state index in [0.717, 1.165) is 0 Å². The Balaban J connectivity index is 4.03. The first-order valence-electron chi connectivity index (χ1n) is 4.02. The number of hydrogen-bond acceptors (Lipinski definition) is 2. The van der Waals surface area contributed by atoms with Gasteiger partial charge in [0.2, 0.25) is 5.91 Å². The second-order valence-corrected chi connectivity index (χ2v) is 2.96. The molecule has 0 aromatic carbocycles. The molecule has 0 fully saturated rings. The molecule has 0 spiro atoms. The fourth-order valence-corrected chi connectivity index (χ4v) is 0.677. The Labute approximate surface area is 72.0 Å². The van der Waals surface area contributed by atoms with Gasteiger partial charge in [0.1, 0.15) is 6.04 Å². The third-order valence-electron chi connectivity index (χ3n) is 1.55. The van der Waals surface area contributed by atoms with E-state index in [2.05, 4.69) is 5.32 Å². The summed E-state index contributed by atoms with van der Waals surface area (Å²) in [6.45, 7) is 5.17.